The van der Waals surface area contributed by atoms with Crippen LogP contribution in [0.1, 0.15) is 17.5 Å². The van der Waals surface area contributed by atoms with Crippen LogP contribution < -0.4 is 0 Å². The molecule has 6 nitrogen and oxygen atoms in total. The van der Waals surface area contributed by atoms with Crippen molar-refractivity contribution in [3.63, 3.8) is 0 Å². The first kappa shape index (κ1) is 21.4. The zero-order chi connectivity index (χ0) is 20.0. The van der Waals surface area contributed by atoms with E-state index in [1.54, 1.807) is 11.3 Å². The van der Waals surface area contributed by atoms with Gasteiger partial charge >= 0.3 is 12.1 Å². The Kier molecular flexibility index (Phi) is 7.40. The molecule has 1 aliphatic rings. The number of aromatic nitrogens is 2. The largest absolute Gasteiger partial charge is 0.490 e. The number of likely N-dealkylation sites (tertiary alicyclic amines) is 1. The van der Waals surface area contributed by atoms with Crippen molar-refractivity contribution in [1.82, 2.24) is 14.7 Å². The number of halogens is 3. The zero-order valence-electron chi connectivity index (χ0n) is 15.0. The van der Waals surface area contributed by atoms with E-state index >= 15 is 0 Å². The Hall–Kier alpha value is -1.91. The Labute approximate surface area is 159 Å². The number of hydrogen-bond donors (Lipinski definition) is 1. The fourth-order valence-electron chi connectivity index (χ4n) is 3.05. The van der Waals surface area contributed by atoms with Crippen LogP contribution in [0, 0.1) is 0 Å². The van der Waals surface area contributed by atoms with Crippen molar-refractivity contribution >= 4 is 17.3 Å². The van der Waals surface area contributed by atoms with Crippen LogP contribution >= 0.6 is 11.3 Å². The van der Waals surface area contributed by atoms with Crippen molar-refractivity contribution in [1.29, 1.82) is 0 Å². The number of thiophene rings is 1. The van der Waals surface area contributed by atoms with Crippen LogP contribution in [0.25, 0.3) is 0 Å². The highest BCUT2D eigenvalue weighted by Gasteiger charge is 2.38. The molecule has 0 bridgehead atoms. The molecule has 2 aromatic rings. The predicted molar refractivity (Wildman–Crippen MR) is 94.5 cm³/mol. The average Bonchev–Trinajstić information content (AvgIpc) is 3.31. The molecule has 0 aromatic carbocycles. The highest BCUT2D eigenvalue weighted by Crippen LogP contribution is 2.26. The van der Waals surface area contributed by atoms with Gasteiger partial charge in [0.2, 0.25) is 0 Å². The summed E-state index contributed by atoms with van der Waals surface area (Å²) in [5, 5.41) is 15.8. The van der Waals surface area contributed by atoms with Crippen molar-refractivity contribution < 1.29 is 27.8 Å². The number of nitrogens with zero attached hydrogens (tertiary/aromatic N) is 3. The SMILES string of the molecule is CO[C@@H]1CCN(Cc2ccsc2)[C@H]1Cc1cnn(C)c1.O=C(O)C(F)(F)F. The molecule has 0 aliphatic carbocycles. The molecule has 1 N–H and O–H groups in total. The average molecular weight is 405 g/mol. The van der Waals surface area contributed by atoms with Gasteiger partial charge in [0.1, 0.15) is 0 Å². The van der Waals surface area contributed by atoms with Crippen molar-refractivity contribution in [3.05, 3.63) is 40.3 Å². The number of aliphatic carboxylic acids is 1. The lowest BCUT2D eigenvalue weighted by Gasteiger charge is -2.27. The van der Waals surface area contributed by atoms with Gasteiger partial charge in [-0.25, -0.2) is 4.79 Å². The van der Waals surface area contributed by atoms with Crippen LogP contribution in [0.4, 0.5) is 13.2 Å². The summed E-state index contributed by atoms with van der Waals surface area (Å²) in [5.74, 6) is -2.76. The molecule has 1 fully saturated rings. The molecule has 0 saturated carbocycles. The second kappa shape index (κ2) is 9.34. The Morgan fingerprint density at radius 3 is 2.63 bits per heavy atom. The summed E-state index contributed by atoms with van der Waals surface area (Å²) in [6.45, 7) is 2.13. The standard InChI is InChI=1S/C15H21N3OS.C2HF3O2/c1-17-9-13(8-16-17)7-14-15(19-2)3-5-18(14)10-12-4-6-20-11-12;3-2(4,5)1(6)7/h4,6,8-9,11,14-15H,3,5,7,10H2,1-2H3;(H,6,7)/t14-,15+;/m0./s1. The molecule has 150 valence electrons. The van der Waals surface area contributed by atoms with Crippen molar-refractivity contribution in [2.75, 3.05) is 13.7 Å². The van der Waals surface area contributed by atoms with Crippen molar-refractivity contribution in [3.8, 4) is 0 Å². The topological polar surface area (TPSA) is 67.6 Å². The summed E-state index contributed by atoms with van der Waals surface area (Å²) in [6, 6.07) is 2.66. The van der Waals surface area contributed by atoms with E-state index in [0.717, 1.165) is 25.9 Å². The Bertz CT molecular complexity index is 719. The summed E-state index contributed by atoms with van der Waals surface area (Å²) in [5.41, 5.74) is 2.69. The van der Waals surface area contributed by atoms with Gasteiger partial charge in [-0.05, 0) is 40.8 Å². The van der Waals surface area contributed by atoms with Gasteiger partial charge in [0.15, 0.2) is 0 Å². The molecule has 1 aliphatic heterocycles. The maximum atomic E-state index is 10.6. The lowest BCUT2D eigenvalue weighted by Crippen LogP contribution is -2.37. The number of alkyl halides is 3. The Morgan fingerprint density at radius 2 is 2.15 bits per heavy atom. The van der Waals surface area contributed by atoms with E-state index in [0.29, 0.717) is 12.1 Å². The van der Waals surface area contributed by atoms with E-state index in [1.165, 1.54) is 11.1 Å². The highest BCUT2D eigenvalue weighted by molar-refractivity contribution is 7.07. The fourth-order valence-corrected chi connectivity index (χ4v) is 3.71. The van der Waals surface area contributed by atoms with E-state index < -0.39 is 12.1 Å². The van der Waals surface area contributed by atoms with Gasteiger partial charge in [-0.1, -0.05) is 0 Å². The molecular weight excluding hydrogens is 383 g/mol. The van der Waals surface area contributed by atoms with Crippen molar-refractivity contribution in [2.24, 2.45) is 7.05 Å². The molecule has 2 atom stereocenters. The van der Waals surface area contributed by atoms with Crippen LogP contribution in [0.3, 0.4) is 0 Å². The minimum atomic E-state index is -5.08. The number of aryl methyl sites for hydroxylation is 1. The summed E-state index contributed by atoms with van der Waals surface area (Å²) < 4.78 is 39.3. The van der Waals surface area contributed by atoms with Crippen LogP contribution in [0.5, 0.6) is 0 Å². The minimum absolute atomic E-state index is 0.328. The smallest absolute Gasteiger partial charge is 0.475 e. The van der Waals surface area contributed by atoms with Crippen LogP contribution in [-0.2, 0) is 29.5 Å². The van der Waals surface area contributed by atoms with Crippen LogP contribution in [-0.4, -0.2) is 57.7 Å². The summed E-state index contributed by atoms with van der Waals surface area (Å²) in [4.78, 5) is 11.4. The van der Waals surface area contributed by atoms with Gasteiger partial charge in [0.25, 0.3) is 0 Å². The number of carboxylic acid groups (broad SMARTS) is 1. The van der Waals surface area contributed by atoms with Crippen LogP contribution in [0.2, 0.25) is 0 Å². The summed E-state index contributed by atoms with van der Waals surface area (Å²) >= 11 is 1.77. The van der Waals surface area contributed by atoms with Gasteiger partial charge < -0.3 is 9.84 Å². The second-order valence-electron chi connectivity index (χ2n) is 6.26. The molecule has 0 spiro atoms. The van der Waals surface area contributed by atoms with Gasteiger partial charge in [0, 0.05) is 39.5 Å². The van der Waals surface area contributed by atoms with Gasteiger partial charge in [-0.2, -0.15) is 29.6 Å². The normalized spacial score (nSPS) is 20.3. The molecule has 0 amide bonds. The molecule has 2 aromatic heterocycles. The van der Waals surface area contributed by atoms with E-state index in [4.69, 9.17) is 14.6 Å². The quantitative estimate of drug-likeness (QED) is 0.829. The molecule has 27 heavy (non-hydrogen) atoms. The predicted octanol–water partition coefficient (Wildman–Crippen LogP) is 2.95. The maximum Gasteiger partial charge on any atom is 0.490 e. The molecule has 3 heterocycles. The first-order valence-corrected chi connectivity index (χ1v) is 9.20. The third-order valence-electron chi connectivity index (χ3n) is 4.31. The Balaban J connectivity index is 0.000000321. The number of carbonyl (C=O) groups is 1. The summed E-state index contributed by atoms with van der Waals surface area (Å²) in [7, 11) is 3.80. The zero-order valence-corrected chi connectivity index (χ0v) is 15.8. The number of methoxy groups -OCH3 is 1. The second-order valence-corrected chi connectivity index (χ2v) is 7.04. The molecule has 3 rings (SSSR count). The van der Waals surface area contributed by atoms with E-state index in [9.17, 15) is 13.2 Å². The number of carboxylic acids is 1. The number of ether oxygens (including phenoxy) is 1. The lowest BCUT2D eigenvalue weighted by atomic mass is 10.0. The summed E-state index contributed by atoms with van der Waals surface area (Å²) in [6.07, 6.45) is 1.44. The van der Waals surface area contributed by atoms with Gasteiger partial charge in [0.05, 0.1) is 12.3 Å². The molecule has 0 radical (unpaired) electrons. The first-order valence-electron chi connectivity index (χ1n) is 8.26. The highest BCUT2D eigenvalue weighted by atomic mass is 32.1. The number of hydrogen-bond acceptors (Lipinski definition) is 5. The maximum absolute atomic E-state index is 10.6. The minimum Gasteiger partial charge on any atom is -0.475 e. The molecular formula is C17H22F3N3O3S. The lowest BCUT2D eigenvalue weighted by molar-refractivity contribution is -0.192. The first-order chi connectivity index (χ1) is 12.7. The third kappa shape index (κ3) is 6.33. The van der Waals surface area contributed by atoms with E-state index in [1.807, 2.05) is 25.0 Å². The molecule has 10 heteroatoms. The van der Waals surface area contributed by atoms with E-state index in [-0.39, 0.29) is 0 Å². The third-order valence-corrected chi connectivity index (χ3v) is 5.05. The van der Waals surface area contributed by atoms with Gasteiger partial charge in [-0.15, -0.1) is 0 Å². The fraction of sp³-hybridized carbons (Fsp3) is 0.529. The van der Waals surface area contributed by atoms with Crippen molar-refractivity contribution in [2.45, 2.75) is 37.7 Å². The van der Waals surface area contributed by atoms with E-state index in [2.05, 4.69) is 33.0 Å². The Morgan fingerprint density at radius 1 is 1.44 bits per heavy atom. The molecule has 0 unspecified atom stereocenters. The van der Waals surface area contributed by atoms with Gasteiger partial charge in [-0.3, -0.25) is 9.58 Å². The number of rotatable bonds is 5. The van der Waals surface area contributed by atoms with Crippen LogP contribution in [0.15, 0.2) is 29.2 Å². The monoisotopic (exact) mass is 405 g/mol. The molecule has 1 saturated heterocycles.